The molecule has 1 unspecified atom stereocenters. The number of phenolic OH excluding ortho intramolecular Hbond substituents is 1. The summed E-state index contributed by atoms with van der Waals surface area (Å²) >= 11 is 6.16. The van der Waals surface area contributed by atoms with E-state index >= 15 is 0 Å². The molecule has 0 aliphatic heterocycles. The third-order valence-corrected chi connectivity index (χ3v) is 3.45. The smallest absolute Gasteiger partial charge is 0.322 e. The van der Waals surface area contributed by atoms with Crippen molar-refractivity contribution in [3.8, 4) is 11.5 Å². The van der Waals surface area contributed by atoms with E-state index in [4.69, 9.17) is 16.3 Å². The van der Waals surface area contributed by atoms with E-state index in [9.17, 15) is 9.90 Å². The number of carbonyl (C=O) groups is 1. The van der Waals surface area contributed by atoms with Crippen molar-refractivity contribution in [2.24, 2.45) is 0 Å². The van der Waals surface area contributed by atoms with Crippen LogP contribution in [0.5, 0.6) is 11.5 Å². The number of nitrogens with one attached hydrogen (secondary N) is 2. The number of hydrogen-bond donors (Lipinski definition) is 3. The Labute approximate surface area is 140 Å². The Morgan fingerprint density at radius 3 is 2.48 bits per heavy atom. The molecule has 0 aliphatic rings. The lowest BCUT2D eigenvalue weighted by Crippen LogP contribution is -2.39. The summed E-state index contributed by atoms with van der Waals surface area (Å²) in [4.78, 5) is 12.1. The van der Waals surface area contributed by atoms with Gasteiger partial charge in [-0.05, 0) is 62.2 Å². The molecule has 2 rings (SSSR count). The number of hydrogen-bond acceptors (Lipinski definition) is 3. The lowest BCUT2D eigenvalue weighted by molar-refractivity contribution is 0.183. The van der Waals surface area contributed by atoms with E-state index in [2.05, 4.69) is 10.6 Å². The normalized spacial score (nSPS) is 11.7. The molecule has 0 aromatic heterocycles. The predicted octanol–water partition coefficient (Wildman–Crippen LogP) is 4.21. The summed E-state index contributed by atoms with van der Waals surface area (Å²) in [6, 6.07) is 9.58. The third-order valence-electron chi connectivity index (χ3n) is 3.15. The van der Waals surface area contributed by atoms with Crippen molar-refractivity contribution in [3.05, 3.63) is 52.5 Å². The van der Waals surface area contributed by atoms with Gasteiger partial charge in [0.05, 0.1) is 10.7 Å². The molecule has 0 bridgehead atoms. The molecule has 122 valence electrons. The molecule has 1 atom stereocenters. The predicted molar refractivity (Wildman–Crippen MR) is 91.3 cm³/mol. The molecular weight excluding hydrogens is 316 g/mol. The van der Waals surface area contributed by atoms with Crippen molar-refractivity contribution in [2.75, 3.05) is 5.32 Å². The van der Waals surface area contributed by atoms with Crippen molar-refractivity contribution in [3.63, 3.8) is 0 Å². The zero-order valence-corrected chi connectivity index (χ0v) is 13.9. The molecule has 0 fully saturated rings. The van der Waals surface area contributed by atoms with Crippen molar-refractivity contribution in [1.82, 2.24) is 5.32 Å². The average Bonchev–Trinajstić information content (AvgIpc) is 2.45. The summed E-state index contributed by atoms with van der Waals surface area (Å²) < 4.78 is 5.54. The van der Waals surface area contributed by atoms with Gasteiger partial charge in [-0.25, -0.2) is 4.79 Å². The van der Waals surface area contributed by atoms with Crippen molar-refractivity contribution < 1.29 is 14.6 Å². The van der Waals surface area contributed by atoms with Crippen LogP contribution >= 0.6 is 11.6 Å². The first-order valence-corrected chi connectivity index (χ1v) is 7.53. The second-order valence-corrected chi connectivity index (χ2v) is 5.70. The van der Waals surface area contributed by atoms with Gasteiger partial charge in [0, 0.05) is 0 Å². The van der Waals surface area contributed by atoms with Crippen LogP contribution in [-0.4, -0.2) is 17.4 Å². The molecule has 2 aromatic carbocycles. The van der Waals surface area contributed by atoms with Gasteiger partial charge in [-0.15, -0.1) is 0 Å². The van der Waals surface area contributed by atoms with Crippen LogP contribution < -0.4 is 15.4 Å². The molecule has 23 heavy (non-hydrogen) atoms. The summed E-state index contributed by atoms with van der Waals surface area (Å²) in [6.45, 7) is 5.53. The van der Waals surface area contributed by atoms with Gasteiger partial charge in [-0.1, -0.05) is 17.7 Å². The number of carbonyl (C=O) groups excluding carboxylic acids is 1. The minimum atomic E-state index is -0.552. The number of rotatable bonds is 4. The van der Waals surface area contributed by atoms with Crippen molar-refractivity contribution >= 4 is 23.3 Å². The minimum absolute atomic E-state index is 0.153. The molecule has 0 aliphatic carbocycles. The summed E-state index contributed by atoms with van der Waals surface area (Å²) in [5, 5.41) is 15.1. The van der Waals surface area contributed by atoms with Gasteiger partial charge >= 0.3 is 6.03 Å². The first kappa shape index (κ1) is 17.0. The van der Waals surface area contributed by atoms with Gasteiger partial charge in [0.1, 0.15) is 11.5 Å². The number of amides is 2. The quantitative estimate of drug-likeness (QED) is 0.733. The molecule has 2 aromatic rings. The maximum Gasteiger partial charge on any atom is 0.322 e. The van der Waals surface area contributed by atoms with E-state index in [1.54, 1.807) is 25.1 Å². The van der Waals surface area contributed by atoms with Gasteiger partial charge in [-0.3, -0.25) is 0 Å². The third kappa shape index (κ3) is 4.79. The number of halogens is 1. The number of ether oxygens (including phenoxy) is 1. The van der Waals surface area contributed by atoms with Gasteiger partial charge in [-0.2, -0.15) is 0 Å². The van der Waals surface area contributed by atoms with Crippen LogP contribution in [0.1, 0.15) is 18.1 Å². The lowest BCUT2D eigenvalue weighted by Gasteiger charge is -2.18. The molecular formula is C17H19ClN2O3. The number of benzene rings is 2. The Kier molecular flexibility index (Phi) is 5.34. The molecule has 0 radical (unpaired) electrons. The first-order chi connectivity index (χ1) is 10.8. The zero-order valence-electron chi connectivity index (χ0n) is 13.2. The number of aromatic hydroxyl groups is 1. The lowest BCUT2D eigenvalue weighted by atomic mass is 10.1. The highest BCUT2D eigenvalue weighted by Gasteiger charge is 2.12. The van der Waals surface area contributed by atoms with E-state index in [1.165, 1.54) is 12.1 Å². The highest BCUT2D eigenvalue weighted by Crippen LogP contribution is 2.27. The van der Waals surface area contributed by atoms with E-state index in [0.29, 0.717) is 16.5 Å². The summed E-state index contributed by atoms with van der Waals surface area (Å²) in [5.74, 6) is 0.695. The molecule has 0 heterocycles. The zero-order chi connectivity index (χ0) is 17.0. The SMILES string of the molecule is Cc1cc(C)c(NC(=O)NC(C)Oc2ccc(O)cc2)c(Cl)c1. The maximum atomic E-state index is 12.1. The Bertz CT molecular complexity index is 678. The topological polar surface area (TPSA) is 70.6 Å². The molecule has 0 saturated carbocycles. The fraction of sp³-hybridized carbons (Fsp3) is 0.235. The molecule has 2 amide bonds. The largest absolute Gasteiger partial charge is 0.508 e. The second-order valence-electron chi connectivity index (χ2n) is 5.29. The molecule has 0 saturated heterocycles. The Balaban J connectivity index is 1.95. The van der Waals surface area contributed by atoms with Crippen LogP contribution in [0, 0.1) is 13.8 Å². The minimum Gasteiger partial charge on any atom is -0.508 e. The number of aryl methyl sites for hydroxylation is 2. The van der Waals surface area contributed by atoms with Crippen LogP contribution in [-0.2, 0) is 0 Å². The Hall–Kier alpha value is -2.40. The fourth-order valence-corrected chi connectivity index (χ4v) is 2.53. The monoisotopic (exact) mass is 334 g/mol. The maximum absolute atomic E-state index is 12.1. The number of anilines is 1. The Morgan fingerprint density at radius 2 is 1.87 bits per heavy atom. The number of phenols is 1. The summed E-state index contributed by atoms with van der Waals surface area (Å²) in [5.41, 5.74) is 2.49. The van der Waals surface area contributed by atoms with Crippen molar-refractivity contribution in [1.29, 1.82) is 0 Å². The second kappa shape index (κ2) is 7.24. The molecule has 6 heteroatoms. The molecule has 5 nitrogen and oxygen atoms in total. The summed E-state index contributed by atoms with van der Waals surface area (Å²) in [6.07, 6.45) is -0.552. The van der Waals surface area contributed by atoms with E-state index < -0.39 is 12.3 Å². The van der Waals surface area contributed by atoms with Gasteiger partial charge < -0.3 is 20.5 Å². The van der Waals surface area contributed by atoms with E-state index in [1.807, 2.05) is 19.9 Å². The van der Waals surface area contributed by atoms with E-state index in [0.717, 1.165) is 11.1 Å². The number of urea groups is 1. The first-order valence-electron chi connectivity index (χ1n) is 7.15. The summed E-state index contributed by atoms with van der Waals surface area (Å²) in [7, 11) is 0. The van der Waals surface area contributed by atoms with Crippen LogP contribution in [0.3, 0.4) is 0 Å². The van der Waals surface area contributed by atoms with Gasteiger partial charge in [0.25, 0.3) is 0 Å². The fourth-order valence-electron chi connectivity index (χ4n) is 2.17. The molecule has 0 spiro atoms. The van der Waals surface area contributed by atoms with Gasteiger partial charge in [0.2, 0.25) is 0 Å². The molecule has 3 N–H and O–H groups in total. The van der Waals surface area contributed by atoms with Crippen LogP contribution in [0.2, 0.25) is 5.02 Å². The van der Waals surface area contributed by atoms with Gasteiger partial charge in [0.15, 0.2) is 6.23 Å². The average molecular weight is 335 g/mol. The highest BCUT2D eigenvalue weighted by atomic mass is 35.5. The Morgan fingerprint density at radius 1 is 1.22 bits per heavy atom. The highest BCUT2D eigenvalue weighted by molar-refractivity contribution is 6.34. The van der Waals surface area contributed by atoms with Crippen LogP contribution in [0.15, 0.2) is 36.4 Å². The van der Waals surface area contributed by atoms with Crippen LogP contribution in [0.25, 0.3) is 0 Å². The van der Waals surface area contributed by atoms with E-state index in [-0.39, 0.29) is 5.75 Å². The van der Waals surface area contributed by atoms with Crippen molar-refractivity contribution in [2.45, 2.75) is 27.0 Å². The van der Waals surface area contributed by atoms with Crippen LogP contribution in [0.4, 0.5) is 10.5 Å². The standard InChI is InChI=1S/C17H19ClN2O3/c1-10-8-11(2)16(15(18)9-10)20-17(22)19-12(3)23-14-6-4-13(21)5-7-14/h4-9,12,21H,1-3H3,(H2,19,20,22).